The molecule has 68 valence electrons. The summed E-state index contributed by atoms with van der Waals surface area (Å²) in [5.41, 5.74) is 0. The lowest BCUT2D eigenvalue weighted by molar-refractivity contribution is -0.120. The Kier molecular flexibility index (Phi) is 3.20. The number of carbonyl (C=O) groups is 1. The first-order valence-electron chi connectivity index (χ1n) is 4.28. The molecule has 0 aromatic rings. The first kappa shape index (κ1) is 9.65. The lowest BCUT2D eigenvalue weighted by Crippen LogP contribution is -2.34. The zero-order valence-electron chi connectivity index (χ0n) is 7.76. The summed E-state index contributed by atoms with van der Waals surface area (Å²) in [4.78, 5) is 12.7. The fourth-order valence-corrected chi connectivity index (χ4v) is 2.55. The highest BCUT2D eigenvalue weighted by atomic mass is 32.2. The van der Waals surface area contributed by atoms with Crippen LogP contribution in [0.1, 0.15) is 20.8 Å². The molecule has 1 aliphatic heterocycles. The molecule has 2 nitrogen and oxygen atoms in total. The molecule has 3 heteroatoms. The van der Waals surface area contributed by atoms with E-state index in [1.165, 1.54) is 4.91 Å². The minimum Gasteiger partial charge on any atom is -0.355 e. The quantitative estimate of drug-likeness (QED) is 0.710. The Labute approximate surface area is 77.8 Å². The van der Waals surface area contributed by atoms with Crippen molar-refractivity contribution in [1.82, 2.24) is 5.32 Å². The van der Waals surface area contributed by atoms with Crippen molar-refractivity contribution in [2.24, 2.45) is 5.92 Å². The molecule has 12 heavy (non-hydrogen) atoms. The predicted molar refractivity (Wildman–Crippen MR) is 53.0 cm³/mol. The van der Waals surface area contributed by atoms with Gasteiger partial charge in [0.1, 0.15) is 0 Å². The molecule has 0 saturated carbocycles. The van der Waals surface area contributed by atoms with E-state index >= 15 is 0 Å². The fraction of sp³-hybridized carbons (Fsp3) is 0.667. The van der Waals surface area contributed by atoms with Gasteiger partial charge in [0, 0.05) is 6.54 Å². The number of thioether (sulfide) groups is 1. The minimum absolute atomic E-state index is 0.102. The van der Waals surface area contributed by atoms with E-state index in [0.29, 0.717) is 5.92 Å². The zero-order valence-corrected chi connectivity index (χ0v) is 8.57. The number of carbonyl (C=O) groups excluding carboxylic acids is 1. The van der Waals surface area contributed by atoms with Gasteiger partial charge >= 0.3 is 0 Å². The average Bonchev–Trinajstić information content (AvgIpc) is 2.30. The molecule has 2 unspecified atom stereocenters. The molecular weight excluding hydrogens is 170 g/mol. The molecule has 1 aliphatic rings. The monoisotopic (exact) mass is 185 g/mol. The van der Waals surface area contributed by atoms with E-state index in [-0.39, 0.29) is 11.2 Å². The van der Waals surface area contributed by atoms with Crippen LogP contribution < -0.4 is 5.32 Å². The summed E-state index contributed by atoms with van der Waals surface area (Å²) in [5.74, 6) is 0.546. The van der Waals surface area contributed by atoms with Crippen LogP contribution in [0.2, 0.25) is 0 Å². The molecule has 2 atom stereocenters. The molecular formula is C9H15NOS. The van der Waals surface area contributed by atoms with Crippen LogP contribution in [0.5, 0.6) is 0 Å². The van der Waals surface area contributed by atoms with Crippen molar-refractivity contribution < 1.29 is 4.79 Å². The molecule has 0 radical (unpaired) electrons. The van der Waals surface area contributed by atoms with Gasteiger partial charge in [-0.05, 0) is 24.7 Å². The van der Waals surface area contributed by atoms with E-state index in [9.17, 15) is 4.79 Å². The summed E-state index contributed by atoms with van der Waals surface area (Å²) in [5, 5.41) is 2.95. The van der Waals surface area contributed by atoms with E-state index in [1.807, 2.05) is 6.92 Å². The van der Waals surface area contributed by atoms with Crippen LogP contribution in [-0.4, -0.2) is 17.7 Å². The van der Waals surface area contributed by atoms with Crippen molar-refractivity contribution in [2.45, 2.75) is 26.0 Å². The lowest BCUT2D eigenvalue weighted by Gasteiger charge is -2.13. The van der Waals surface area contributed by atoms with E-state index in [4.69, 9.17) is 0 Å². The first-order valence-corrected chi connectivity index (χ1v) is 5.16. The number of allylic oxidation sites excluding steroid dienone is 2. The van der Waals surface area contributed by atoms with Crippen LogP contribution in [0, 0.1) is 5.92 Å². The van der Waals surface area contributed by atoms with Gasteiger partial charge in [-0.3, -0.25) is 4.79 Å². The third-order valence-electron chi connectivity index (χ3n) is 1.90. The van der Waals surface area contributed by atoms with Crippen molar-refractivity contribution in [1.29, 1.82) is 0 Å². The number of rotatable bonds is 2. The topological polar surface area (TPSA) is 29.1 Å². The Balaban J connectivity index is 2.51. The summed E-state index contributed by atoms with van der Waals surface area (Å²) in [6.07, 6.45) is 2.16. The third kappa shape index (κ3) is 2.03. The largest absolute Gasteiger partial charge is 0.355 e. The Hall–Kier alpha value is -0.440. The zero-order chi connectivity index (χ0) is 9.14. The highest BCUT2D eigenvalue weighted by Gasteiger charge is 2.28. The Bertz CT molecular complexity index is 213. The first-order chi connectivity index (χ1) is 5.65. The molecule has 1 rings (SSSR count). The summed E-state index contributed by atoms with van der Waals surface area (Å²) in [6, 6.07) is 0. The maximum Gasteiger partial charge on any atom is 0.234 e. The molecule has 1 amide bonds. The minimum atomic E-state index is 0.102. The van der Waals surface area contributed by atoms with E-state index < -0.39 is 0 Å². The molecule has 0 aliphatic carbocycles. The van der Waals surface area contributed by atoms with Gasteiger partial charge in [-0.2, -0.15) is 0 Å². The van der Waals surface area contributed by atoms with Crippen molar-refractivity contribution in [3.05, 3.63) is 11.0 Å². The Morgan fingerprint density at radius 3 is 2.83 bits per heavy atom. The standard InChI is InChI=1S/C9H15NOS/c1-4-10-9(11)8-6(2)5-7(3)12-8/h5-6,8H,4H2,1-3H3,(H,10,11). The van der Waals surface area contributed by atoms with Crippen LogP contribution in [0.25, 0.3) is 0 Å². The molecule has 0 saturated heterocycles. The van der Waals surface area contributed by atoms with E-state index in [1.54, 1.807) is 11.8 Å². The highest BCUT2D eigenvalue weighted by Crippen LogP contribution is 2.35. The second kappa shape index (κ2) is 3.99. The van der Waals surface area contributed by atoms with Gasteiger partial charge in [-0.1, -0.05) is 13.0 Å². The summed E-state index contributed by atoms with van der Waals surface area (Å²) >= 11 is 1.67. The van der Waals surface area contributed by atoms with E-state index in [2.05, 4.69) is 25.2 Å². The van der Waals surface area contributed by atoms with Crippen LogP contribution in [-0.2, 0) is 4.79 Å². The average molecular weight is 185 g/mol. The maximum absolute atomic E-state index is 11.4. The van der Waals surface area contributed by atoms with E-state index in [0.717, 1.165) is 6.54 Å². The van der Waals surface area contributed by atoms with Crippen LogP contribution in [0.4, 0.5) is 0 Å². The van der Waals surface area contributed by atoms with Gasteiger partial charge in [0.05, 0.1) is 5.25 Å². The van der Waals surface area contributed by atoms with Crippen LogP contribution in [0.3, 0.4) is 0 Å². The van der Waals surface area contributed by atoms with Crippen LogP contribution >= 0.6 is 11.8 Å². The number of amides is 1. The molecule has 0 fully saturated rings. The Morgan fingerprint density at radius 2 is 2.42 bits per heavy atom. The van der Waals surface area contributed by atoms with Crippen LogP contribution in [0.15, 0.2) is 11.0 Å². The third-order valence-corrected chi connectivity index (χ3v) is 3.30. The molecule has 1 heterocycles. The van der Waals surface area contributed by atoms with Gasteiger partial charge in [-0.25, -0.2) is 0 Å². The fourth-order valence-electron chi connectivity index (χ4n) is 1.37. The van der Waals surface area contributed by atoms with Gasteiger partial charge in [-0.15, -0.1) is 11.8 Å². The number of hydrogen-bond acceptors (Lipinski definition) is 2. The summed E-state index contributed by atoms with van der Waals surface area (Å²) < 4.78 is 0. The molecule has 0 bridgehead atoms. The summed E-state index contributed by atoms with van der Waals surface area (Å²) in [6.45, 7) is 6.81. The van der Waals surface area contributed by atoms with Crippen molar-refractivity contribution in [2.75, 3.05) is 6.54 Å². The normalized spacial score (nSPS) is 28.4. The summed E-state index contributed by atoms with van der Waals surface area (Å²) in [7, 11) is 0. The maximum atomic E-state index is 11.4. The van der Waals surface area contributed by atoms with Crippen molar-refractivity contribution in [3.8, 4) is 0 Å². The van der Waals surface area contributed by atoms with Crippen molar-refractivity contribution in [3.63, 3.8) is 0 Å². The van der Waals surface area contributed by atoms with Gasteiger partial charge in [0.25, 0.3) is 0 Å². The van der Waals surface area contributed by atoms with Gasteiger partial charge < -0.3 is 5.32 Å². The predicted octanol–water partition coefficient (Wildman–Crippen LogP) is 1.78. The smallest absolute Gasteiger partial charge is 0.234 e. The van der Waals surface area contributed by atoms with Gasteiger partial charge in [0.2, 0.25) is 5.91 Å². The SMILES string of the molecule is CCNC(=O)C1SC(C)=CC1C. The molecule has 0 spiro atoms. The Morgan fingerprint density at radius 1 is 1.75 bits per heavy atom. The molecule has 1 N–H and O–H groups in total. The molecule has 0 aromatic carbocycles. The number of nitrogens with one attached hydrogen (secondary N) is 1. The number of hydrogen-bond donors (Lipinski definition) is 1. The second-order valence-electron chi connectivity index (χ2n) is 3.07. The lowest BCUT2D eigenvalue weighted by atomic mass is 10.1. The molecule has 0 aromatic heterocycles. The van der Waals surface area contributed by atoms with Crippen molar-refractivity contribution >= 4 is 17.7 Å². The van der Waals surface area contributed by atoms with Gasteiger partial charge in [0.15, 0.2) is 0 Å². The second-order valence-corrected chi connectivity index (χ2v) is 4.46. The highest BCUT2D eigenvalue weighted by molar-refractivity contribution is 8.04.